The number of rotatable bonds is 2. The molecule has 0 radical (unpaired) electrons. The van der Waals surface area contributed by atoms with Crippen molar-refractivity contribution in [3.63, 3.8) is 0 Å². The molecule has 1 aliphatic rings. The summed E-state index contributed by atoms with van der Waals surface area (Å²) in [6.45, 7) is 0.897. The van der Waals surface area contributed by atoms with Gasteiger partial charge in [-0.05, 0) is 25.2 Å². The molecular formula is C8H17NO. The van der Waals surface area contributed by atoms with Crippen LogP contribution in [0.1, 0.15) is 25.7 Å². The Bertz CT molecular complexity index is 93.3. The van der Waals surface area contributed by atoms with Crippen LogP contribution in [0.2, 0.25) is 0 Å². The molecule has 0 unspecified atom stereocenters. The molecule has 0 aromatic rings. The van der Waals surface area contributed by atoms with E-state index in [0.717, 1.165) is 18.9 Å². The minimum Gasteiger partial charge on any atom is -0.384 e. The highest BCUT2D eigenvalue weighted by atomic mass is 16.5. The van der Waals surface area contributed by atoms with Gasteiger partial charge in [0.05, 0.1) is 0 Å². The Kier molecular flexibility index (Phi) is 3.16. The van der Waals surface area contributed by atoms with E-state index >= 15 is 0 Å². The average molecular weight is 143 g/mol. The summed E-state index contributed by atoms with van der Waals surface area (Å²) in [5, 5.41) is 0. The first-order valence-electron chi connectivity index (χ1n) is 4.07. The molecule has 0 spiro atoms. The Hall–Kier alpha value is -0.0800. The largest absolute Gasteiger partial charge is 0.384 e. The number of hydrogen-bond donors (Lipinski definition) is 1. The van der Waals surface area contributed by atoms with Crippen LogP contribution in [0.5, 0.6) is 0 Å². The number of nitrogens with two attached hydrogens (primary N) is 1. The molecule has 10 heavy (non-hydrogen) atoms. The second kappa shape index (κ2) is 3.94. The van der Waals surface area contributed by atoms with Crippen molar-refractivity contribution in [1.29, 1.82) is 0 Å². The predicted octanol–water partition coefficient (Wildman–Crippen LogP) is 1.15. The highest BCUT2D eigenvalue weighted by Crippen LogP contribution is 2.22. The van der Waals surface area contributed by atoms with Gasteiger partial charge in [0.15, 0.2) is 0 Å². The van der Waals surface area contributed by atoms with Crippen molar-refractivity contribution in [3.8, 4) is 0 Å². The molecule has 0 aliphatic heterocycles. The fourth-order valence-electron chi connectivity index (χ4n) is 1.72. The van der Waals surface area contributed by atoms with Gasteiger partial charge in [0.25, 0.3) is 0 Å². The Morgan fingerprint density at radius 2 is 2.30 bits per heavy atom. The minimum atomic E-state index is 0.439. The lowest BCUT2D eigenvalue weighted by atomic mass is 9.87. The summed E-state index contributed by atoms with van der Waals surface area (Å²) in [6, 6.07) is 0.439. The molecular weight excluding hydrogens is 126 g/mol. The number of hydrogen-bond acceptors (Lipinski definition) is 2. The summed E-state index contributed by atoms with van der Waals surface area (Å²) in [5.41, 5.74) is 5.80. The van der Waals surface area contributed by atoms with Crippen molar-refractivity contribution < 1.29 is 4.74 Å². The third kappa shape index (κ3) is 2.27. The van der Waals surface area contributed by atoms with Gasteiger partial charge in [0.1, 0.15) is 0 Å². The maximum Gasteiger partial charge on any atom is 0.0491 e. The van der Waals surface area contributed by atoms with Crippen LogP contribution in [0.3, 0.4) is 0 Å². The van der Waals surface area contributed by atoms with E-state index in [1.165, 1.54) is 19.3 Å². The molecule has 1 rings (SSSR count). The quantitative estimate of drug-likeness (QED) is 0.629. The van der Waals surface area contributed by atoms with Crippen molar-refractivity contribution in [3.05, 3.63) is 0 Å². The molecule has 1 fully saturated rings. The fraction of sp³-hybridized carbons (Fsp3) is 1.00. The Morgan fingerprint density at radius 3 is 2.90 bits per heavy atom. The van der Waals surface area contributed by atoms with Crippen LogP contribution in [-0.2, 0) is 4.74 Å². The average Bonchev–Trinajstić information content (AvgIpc) is 1.88. The maximum atomic E-state index is 5.80. The molecule has 1 saturated carbocycles. The Morgan fingerprint density at radius 1 is 1.50 bits per heavy atom. The summed E-state index contributed by atoms with van der Waals surface area (Å²) in [5.74, 6) is 0.730. The molecule has 0 saturated heterocycles. The van der Waals surface area contributed by atoms with E-state index in [9.17, 15) is 0 Å². The van der Waals surface area contributed by atoms with E-state index in [1.54, 1.807) is 7.11 Å². The summed E-state index contributed by atoms with van der Waals surface area (Å²) >= 11 is 0. The monoisotopic (exact) mass is 143 g/mol. The lowest BCUT2D eigenvalue weighted by Crippen LogP contribution is -2.29. The fourth-order valence-corrected chi connectivity index (χ4v) is 1.72. The predicted molar refractivity (Wildman–Crippen MR) is 41.8 cm³/mol. The van der Waals surface area contributed by atoms with E-state index in [1.807, 2.05) is 0 Å². The molecule has 2 atom stereocenters. The van der Waals surface area contributed by atoms with E-state index < -0.39 is 0 Å². The van der Waals surface area contributed by atoms with Gasteiger partial charge < -0.3 is 10.5 Å². The third-order valence-corrected chi connectivity index (χ3v) is 2.23. The van der Waals surface area contributed by atoms with Gasteiger partial charge in [-0.15, -0.1) is 0 Å². The molecule has 1 aliphatic carbocycles. The normalized spacial score (nSPS) is 34.2. The van der Waals surface area contributed by atoms with Crippen molar-refractivity contribution in [2.75, 3.05) is 13.7 Å². The second-order valence-corrected chi connectivity index (χ2v) is 3.25. The number of methoxy groups -OCH3 is 1. The Labute approximate surface area is 62.7 Å². The van der Waals surface area contributed by atoms with Gasteiger partial charge in [-0.3, -0.25) is 0 Å². The smallest absolute Gasteiger partial charge is 0.0491 e. The van der Waals surface area contributed by atoms with Crippen LogP contribution in [0.15, 0.2) is 0 Å². The zero-order valence-corrected chi connectivity index (χ0v) is 6.68. The first-order chi connectivity index (χ1) is 4.83. The van der Waals surface area contributed by atoms with Gasteiger partial charge in [-0.25, -0.2) is 0 Å². The first-order valence-corrected chi connectivity index (χ1v) is 4.07. The Balaban J connectivity index is 2.18. The van der Waals surface area contributed by atoms with Crippen molar-refractivity contribution in [1.82, 2.24) is 0 Å². The van der Waals surface area contributed by atoms with Gasteiger partial charge >= 0.3 is 0 Å². The summed E-state index contributed by atoms with van der Waals surface area (Å²) in [7, 11) is 1.76. The first kappa shape index (κ1) is 8.02. The SMILES string of the molecule is COC[C@H]1CCC[C@H](N)C1. The molecule has 2 nitrogen and oxygen atoms in total. The van der Waals surface area contributed by atoms with Crippen molar-refractivity contribution >= 4 is 0 Å². The molecule has 0 aromatic carbocycles. The second-order valence-electron chi connectivity index (χ2n) is 3.25. The zero-order valence-electron chi connectivity index (χ0n) is 6.68. The standard InChI is InChI=1S/C8H17NO/c1-10-6-7-3-2-4-8(9)5-7/h7-8H,2-6,9H2,1H3/t7-,8-/m0/s1. The van der Waals surface area contributed by atoms with Gasteiger partial charge in [0, 0.05) is 19.8 Å². The minimum absolute atomic E-state index is 0.439. The van der Waals surface area contributed by atoms with Crippen LogP contribution in [0.4, 0.5) is 0 Å². The van der Waals surface area contributed by atoms with Crippen LogP contribution in [-0.4, -0.2) is 19.8 Å². The van der Waals surface area contributed by atoms with Crippen molar-refractivity contribution in [2.45, 2.75) is 31.7 Å². The van der Waals surface area contributed by atoms with Crippen LogP contribution in [0, 0.1) is 5.92 Å². The highest BCUT2D eigenvalue weighted by Gasteiger charge is 2.18. The number of ether oxygens (including phenoxy) is 1. The summed E-state index contributed by atoms with van der Waals surface area (Å²) in [6.07, 6.45) is 4.96. The molecule has 0 amide bonds. The zero-order chi connectivity index (χ0) is 7.40. The highest BCUT2D eigenvalue weighted by molar-refractivity contribution is 4.74. The molecule has 60 valence electrons. The molecule has 2 N–H and O–H groups in total. The summed E-state index contributed by atoms with van der Waals surface area (Å²) in [4.78, 5) is 0. The van der Waals surface area contributed by atoms with Gasteiger partial charge in [-0.1, -0.05) is 6.42 Å². The van der Waals surface area contributed by atoms with E-state index in [2.05, 4.69) is 0 Å². The van der Waals surface area contributed by atoms with Crippen LogP contribution >= 0.6 is 0 Å². The third-order valence-electron chi connectivity index (χ3n) is 2.23. The van der Waals surface area contributed by atoms with Gasteiger partial charge in [-0.2, -0.15) is 0 Å². The lowest BCUT2D eigenvalue weighted by molar-refractivity contribution is 0.126. The molecule has 0 aromatic heterocycles. The molecule has 0 heterocycles. The molecule has 0 bridgehead atoms. The topological polar surface area (TPSA) is 35.2 Å². The van der Waals surface area contributed by atoms with Crippen LogP contribution < -0.4 is 5.73 Å². The maximum absolute atomic E-state index is 5.80. The van der Waals surface area contributed by atoms with E-state index in [4.69, 9.17) is 10.5 Å². The van der Waals surface area contributed by atoms with E-state index in [-0.39, 0.29) is 0 Å². The van der Waals surface area contributed by atoms with Crippen molar-refractivity contribution in [2.24, 2.45) is 11.7 Å². The van der Waals surface area contributed by atoms with Crippen LogP contribution in [0.25, 0.3) is 0 Å². The summed E-state index contributed by atoms with van der Waals surface area (Å²) < 4.78 is 5.07. The molecule has 2 heteroatoms. The van der Waals surface area contributed by atoms with E-state index in [0.29, 0.717) is 6.04 Å². The lowest BCUT2D eigenvalue weighted by Gasteiger charge is -2.25. The van der Waals surface area contributed by atoms with Gasteiger partial charge in [0.2, 0.25) is 0 Å².